The van der Waals surface area contributed by atoms with Gasteiger partial charge < -0.3 is 25.1 Å². The van der Waals surface area contributed by atoms with Crippen molar-refractivity contribution in [2.45, 2.75) is 37.6 Å². The molecule has 0 spiro atoms. The van der Waals surface area contributed by atoms with Crippen molar-refractivity contribution >= 4 is 40.6 Å². The molecule has 5 rings (SSSR count). The number of likely N-dealkylation sites (N-methyl/N-ethyl adjacent to an activating group) is 1. The number of phenols is 1. The smallest absolute Gasteiger partial charge is 0.253 e. The van der Waals surface area contributed by atoms with E-state index in [1.165, 1.54) is 11.9 Å². The quantitative estimate of drug-likeness (QED) is 0.251. The summed E-state index contributed by atoms with van der Waals surface area (Å²) in [4.78, 5) is 27.9. The molecule has 1 aromatic heterocycles. The molecule has 1 atom stereocenters. The minimum Gasteiger partial charge on any atom is -0.505 e. The van der Waals surface area contributed by atoms with Crippen molar-refractivity contribution in [2.24, 2.45) is 5.41 Å². The van der Waals surface area contributed by atoms with Crippen LogP contribution in [0, 0.1) is 5.41 Å². The second kappa shape index (κ2) is 9.20. The molecule has 3 aromatic rings. The molecular formula is C25H29ClN4O4S. The number of aryl methyl sites for hydroxylation is 1. The van der Waals surface area contributed by atoms with E-state index in [-0.39, 0.29) is 28.6 Å². The monoisotopic (exact) mass is 516 g/mol. The molecule has 0 radical (unpaired) electrons. The summed E-state index contributed by atoms with van der Waals surface area (Å²) in [6.45, 7) is 7.80. The van der Waals surface area contributed by atoms with E-state index in [2.05, 4.69) is 40.7 Å². The Hall–Kier alpha value is -2.46. The Morgan fingerprint density at radius 3 is 2.57 bits per heavy atom. The van der Waals surface area contributed by atoms with Gasteiger partial charge in [0.25, 0.3) is 10.9 Å². The number of halogens is 1. The van der Waals surface area contributed by atoms with Gasteiger partial charge in [0.05, 0.1) is 27.9 Å². The fourth-order valence-electron chi connectivity index (χ4n) is 4.76. The van der Waals surface area contributed by atoms with Crippen LogP contribution in [0.3, 0.4) is 0 Å². The van der Waals surface area contributed by atoms with Crippen LogP contribution in [0.25, 0.3) is 0 Å². The molecule has 186 valence electrons. The predicted molar refractivity (Wildman–Crippen MR) is 140 cm³/mol. The standard InChI is InChI=1S/C25H29ClN4O4S/c1-25(2)8-6-17-14(7-13-34-17)24(25)28-19-18(21(32)22(19)33)27-16-5-4-15(26)23(20(16)31)35-30-11-9-29(3)10-12-30/h4-5,7,13,24,27-28,31H,6,8-12H2,1-3H3. The number of furan rings is 1. The third-order valence-electron chi connectivity index (χ3n) is 7.09. The SMILES string of the molecule is CN1CCN(Sc2c(Cl)ccc(Nc3c(NC4c5ccoc5CCC4(C)C)c(=O)c3=O)c2O)CC1. The molecular weight excluding hydrogens is 488 g/mol. The number of rotatable bonds is 6. The molecule has 1 unspecified atom stereocenters. The number of phenolic OH excluding ortho intramolecular Hbond substituents is 1. The Labute approximate surface area is 213 Å². The van der Waals surface area contributed by atoms with Crippen LogP contribution in [0.2, 0.25) is 5.02 Å². The van der Waals surface area contributed by atoms with Gasteiger partial charge in [0, 0.05) is 38.2 Å². The number of nitrogens with one attached hydrogen (secondary N) is 2. The first-order valence-electron chi connectivity index (χ1n) is 11.7. The zero-order valence-electron chi connectivity index (χ0n) is 20.0. The van der Waals surface area contributed by atoms with Crippen LogP contribution in [-0.2, 0) is 6.42 Å². The highest BCUT2D eigenvalue weighted by molar-refractivity contribution is 7.97. The second-order valence-electron chi connectivity index (χ2n) is 9.99. The van der Waals surface area contributed by atoms with Crippen molar-refractivity contribution in [1.82, 2.24) is 9.21 Å². The summed E-state index contributed by atoms with van der Waals surface area (Å²) < 4.78 is 7.77. The summed E-state index contributed by atoms with van der Waals surface area (Å²) >= 11 is 7.81. The largest absolute Gasteiger partial charge is 0.505 e. The molecule has 2 aliphatic rings. The van der Waals surface area contributed by atoms with Crippen LogP contribution in [0.15, 0.2) is 43.4 Å². The zero-order valence-corrected chi connectivity index (χ0v) is 21.6. The lowest BCUT2D eigenvalue weighted by molar-refractivity contribution is 0.233. The van der Waals surface area contributed by atoms with Gasteiger partial charge in [-0.2, -0.15) is 0 Å². The number of nitrogens with zero attached hydrogens (tertiary/aromatic N) is 2. The van der Waals surface area contributed by atoms with Gasteiger partial charge in [0.1, 0.15) is 17.1 Å². The van der Waals surface area contributed by atoms with Crippen molar-refractivity contribution < 1.29 is 9.52 Å². The molecule has 1 saturated heterocycles. The summed E-state index contributed by atoms with van der Waals surface area (Å²) in [5, 5.41) is 17.8. The summed E-state index contributed by atoms with van der Waals surface area (Å²) in [6.07, 6.45) is 3.37. The minimum absolute atomic E-state index is 0.0458. The Kier molecular flexibility index (Phi) is 6.37. The number of hydrogen-bond acceptors (Lipinski definition) is 9. The van der Waals surface area contributed by atoms with Gasteiger partial charge >= 0.3 is 0 Å². The van der Waals surface area contributed by atoms with Crippen LogP contribution in [0.4, 0.5) is 17.1 Å². The number of hydrogen-bond donors (Lipinski definition) is 3. The van der Waals surface area contributed by atoms with Gasteiger partial charge in [0.2, 0.25) is 0 Å². The average molecular weight is 517 g/mol. The lowest BCUT2D eigenvalue weighted by Gasteiger charge is -2.39. The molecule has 8 nitrogen and oxygen atoms in total. The van der Waals surface area contributed by atoms with Crippen molar-refractivity contribution in [3.8, 4) is 5.75 Å². The maximum atomic E-state index is 12.6. The van der Waals surface area contributed by atoms with Gasteiger partial charge in [-0.25, -0.2) is 4.31 Å². The highest BCUT2D eigenvalue weighted by Gasteiger charge is 2.39. The number of benzene rings is 1. The van der Waals surface area contributed by atoms with Crippen LogP contribution < -0.4 is 21.5 Å². The van der Waals surface area contributed by atoms with E-state index in [4.69, 9.17) is 16.0 Å². The molecule has 2 aromatic carbocycles. The molecule has 0 bridgehead atoms. The van der Waals surface area contributed by atoms with E-state index in [1.54, 1.807) is 18.4 Å². The first-order valence-corrected chi connectivity index (χ1v) is 12.9. The first kappa shape index (κ1) is 24.2. The van der Waals surface area contributed by atoms with Crippen LogP contribution in [0.1, 0.15) is 37.6 Å². The molecule has 1 aliphatic carbocycles. The molecule has 0 saturated carbocycles. The topological polar surface area (TPSA) is 98.0 Å². The number of piperazine rings is 1. The highest BCUT2D eigenvalue weighted by atomic mass is 35.5. The average Bonchev–Trinajstić information content (AvgIpc) is 3.30. The summed E-state index contributed by atoms with van der Waals surface area (Å²) in [6, 6.07) is 5.03. The third kappa shape index (κ3) is 4.46. The third-order valence-corrected chi connectivity index (χ3v) is 8.74. The molecule has 3 N–H and O–H groups in total. The fraction of sp³-hybridized carbons (Fsp3) is 0.440. The molecule has 0 amide bonds. The lowest BCUT2D eigenvalue weighted by atomic mass is 9.72. The Balaban J connectivity index is 1.40. The van der Waals surface area contributed by atoms with Crippen LogP contribution in [-0.4, -0.2) is 47.5 Å². The molecule has 35 heavy (non-hydrogen) atoms. The summed E-state index contributed by atoms with van der Waals surface area (Å²) in [7, 11) is 2.08. The van der Waals surface area contributed by atoms with Crippen molar-refractivity contribution in [2.75, 3.05) is 43.9 Å². The van der Waals surface area contributed by atoms with Crippen molar-refractivity contribution in [1.29, 1.82) is 0 Å². The van der Waals surface area contributed by atoms with Crippen LogP contribution in [0.5, 0.6) is 5.75 Å². The molecule has 2 heterocycles. The Bertz CT molecular complexity index is 1320. The van der Waals surface area contributed by atoms with Crippen molar-refractivity contribution in [3.63, 3.8) is 0 Å². The van der Waals surface area contributed by atoms with Gasteiger partial charge in [-0.3, -0.25) is 9.59 Å². The maximum Gasteiger partial charge on any atom is 0.253 e. The Morgan fingerprint density at radius 2 is 1.83 bits per heavy atom. The van der Waals surface area contributed by atoms with E-state index in [0.29, 0.717) is 15.6 Å². The van der Waals surface area contributed by atoms with E-state index >= 15 is 0 Å². The number of anilines is 3. The molecule has 10 heteroatoms. The number of fused-ring (bicyclic) bond motifs is 1. The van der Waals surface area contributed by atoms with Gasteiger partial charge in [-0.05, 0) is 49.0 Å². The number of aromatic hydroxyl groups is 1. The molecule has 1 fully saturated rings. The second-order valence-corrected chi connectivity index (χ2v) is 11.5. The van der Waals surface area contributed by atoms with Gasteiger partial charge in [0.15, 0.2) is 5.75 Å². The van der Waals surface area contributed by atoms with Crippen LogP contribution >= 0.6 is 23.5 Å². The van der Waals surface area contributed by atoms with Gasteiger partial charge in [-0.15, -0.1) is 0 Å². The normalized spacial score (nSPS) is 20.6. The van der Waals surface area contributed by atoms with E-state index < -0.39 is 10.9 Å². The minimum atomic E-state index is -0.615. The lowest BCUT2D eigenvalue weighted by Crippen LogP contribution is -2.41. The first-order chi connectivity index (χ1) is 16.7. The zero-order chi connectivity index (χ0) is 24.9. The Morgan fingerprint density at radius 1 is 1.11 bits per heavy atom. The highest BCUT2D eigenvalue weighted by Crippen LogP contribution is 2.47. The maximum absolute atomic E-state index is 12.6. The predicted octanol–water partition coefficient (Wildman–Crippen LogP) is 4.36. The van der Waals surface area contributed by atoms with E-state index in [0.717, 1.165) is 50.3 Å². The van der Waals surface area contributed by atoms with E-state index in [1.807, 2.05) is 6.07 Å². The van der Waals surface area contributed by atoms with E-state index in [9.17, 15) is 14.7 Å². The van der Waals surface area contributed by atoms with Crippen molar-refractivity contribution in [3.05, 3.63) is 61.3 Å². The fourth-order valence-corrected chi connectivity index (χ4v) is 5.97. The summed E-state index contributed by atoms with van der Waals surface area (Å²) in [5.41, 5.74) is 0.367. The molecule has 1 aliphatic heterocycles. The van der Waals surface area contributed by atoms with Gasteiger partial charge in [-0.1, -0.05) is 25.4 Å². The summed E-state index contributed by atoms with van der Waals surface area (Å²) in [5.74, 6) is 0.853.